The molecule has 2 aromatic rings. The Morgan fingerprint density at radius 1 is 1.12 bits per heavy atom. The van der Waals surface area contributed by atoms with Crippen LogP contribution in [-0.4, -0.2) is 13.0 Å². The van der Waals surface area contributed by atoms with Crippen molar-refractivity contribution in [1.29, 1.82) is 0 Å². The third kappa shape index (κ3) is 4.87. The molecule has 24 heavy (non-hydrogen) atoms. The summed E-state index contributed by atoms with van der Waals surface area (Å²) in [5.74, 6) is 0.539. The summed E-state index contributed by atoms with van der Waals surface area (Å²) in [4.78, 5) is 10.9. The van der Waals surface area contributed by atoms with E-state index in [-0.39, 0.29) is 5.56 Å². The molecular formula is C18H16F3NO2. The molecule has 6 heteroatoms. The van der Waals surface area contributed by atoms with E-state index in [1.807, 2.05) is 12.1 Å². The maximum Gasteiger partial charge on any atom is 0.416 e. The van der Waals surface area contributed by atoms with E-state index in [4.69, 9.17) is 4.74 Å². The van der Waals surface area contributed by atoms with Crippen LogP contribution in [0.1, 0.15) is 16.7 Å². The first-order valence-electron chi connectivity index (χ1n) is 7.18. The highest BCUT2D eigenvalue weighted by Crippen LogP contribution is 2.32. The van der Waals surface area contributed by atoms with Gasteiger partial charge in [-0.25, -0.2) is 0 Å². The van der Waals surface area contributed by atoms with Crippen molar-refractivity contribution in [3.63, 3.8) is 0 Å². The van der Waals surface area contributed by atoms with E-state index in [2.05, 4.69) is 17.4 Å². The minimum Gasteiger partial charge on any atom is -0.489 e. The van der Waals surface area contributed by atoms with Gasteiger partial charge in [0.15, 0.2) is 0 Å². The second-order valence-corrected chi connectivity index (χ2v) is 4.97. The molecule has 0 saturated heterocycles. The second kappa shape index (κ2) is 7.68. The van der Waals surface area contributed by atoms with E-state index < -0.39 is 17.6 Å². The lowest BCUT2D eigenvalue weighted by Crippen LogP contribution is -2.14. The summed E-state index contributed by atoms with van der Waals surface area (Å²) in [5.41, 5.74) is 0.480. The smallest absolute Gasteiger partial charge is 0.416 e. The van der Waals surface area contributed by atoms with E-state index in [1.54, 1.807) is 0 Å². The van der Waals surface area contributed by atoms with E-state index in [9.17, 15) is 18.0 Å². The zero-order valence-electron chi connectivity index (χ0n) is 12.9. The van der Waals surface area contributed by atoms with Crippen LogP contribution in [0.25, 0.3) is 6.08 Å². The van der Waals surface area contributed by atoms with Gasteiger partial charge in [0.05, 0.1) is 5.56 Å². The van der Waals surface area contributed by atoms with Crippen LogP contribution in [0.5, 0.6) is 5.75 Å². The molecule has 3 nitrogen and oxygen atoms in total. The summed E-state index contributed by atoms with van der Waals surface area (Å²) in [6.07, 6.45) is -2.21. The van der Waals surface area contributed by atoms with Crippen LogP contribution < -0.4 is 10.1 Å². The van der Waals surface area contributed by atoms with Gasteiger partial charge in [-0.15, -0.1) is 0 Å². The molecule has 4 rings (SSSR count). The lowest BCUT2D eigenvalue weighted by atomic mass is 10.1. The number of hydrogen-bond acceptors (Lipinski definition) is 2. The van der Waals surface area contributed by atoms with Crippen LogP contribution in [0.15, 0.2) is 54.6 Å². The molecule has 2 aliphatic rings. The zero-order valence-corrected chi connectivity index (χ0v) is 12.9. The van der Waals surface area contributed by atoms with Crippen LogP contribution >= 0.6 is 0 Å². The molecule has 1 amide bonds. The molecule has 0 radical (unpaired) electrons. The fraction of sp³-hybridized carbons (Fsp3) is 0.167. The fourth-order valence-electron chi connectivity index (χ4n) is 2.00. The lowest BCUT2D eigenvalue weighted by molar-refractivity contribution is -0.137. The summed E-state index contributed by atoms with van der Waals surface area (Å²) >= 11 is 0. The Morgan fingerprint density at radius 2 is 1.79 bits per heavy atom. The predicted octanol–water partition coefficient (Wildman–Crippen LogP) is 4.04. The Balaban J connectivity index is 0.000000214. The molecule has 0 unspecified atom stereocenters. The number of alkyl halides is 3. The van der Waals surface area contributed by atoms with Gasteiger partial charge in [-0.1, -0.05) is 30.3 Å². The fourth-order valence-corrected chi connectivity index (χ4v) is 2.00. The maximum absolute atomic E-state index is 12.5. The average Bonchev–Trinajstić information content (AvgIpc) is 2.61. The van der Waals surface area contributed by atoms with Crippen molar-refractivity contribution >= 4 is 12.0 Å². The second-order valence-electron chi connectivity index (χ2n) is 4.97. The third-order valence-corrected chi connectivity index (χ3v) is 3.26. The van der Waals surface area contributed by atoms with E-state index >= 15 is 0 Å². The Labute approximate surface area is 137 Å². The number of likely N-dealkylation sites (N-methyl/N-ethyl adjacent to an activating group) is 1. The van der Waals surface area contributed by atoms with Gasteiger partial charge in [0.2, 0.25) is 5.91 Å². The van der Waals surface area contributed by atoms with Crippen molar-refractivity contribution in [1.82, 2.24) is 5.32 Å². The molecule has 0 spiro atoms. The molecule has 2 aliphatic heterocycles. The van der Waals surface area contributed by atoms with Crippen molar-refractivity contribution in [2.75, 3.05) is 7.05 Å². The van der Waals surface area contributed by atoms with Gasteiger partial charge < -0.3 is 10.1 Å². The van der Waals surface area contributed by atoms with E-state index in [0.29, 0.717) is 0 Å². The molecule has 0 atom stereocenters. The lowest BCUT2D eigenvalue weighted by Gasteiger charge is -2.11. The minimum atomic E-state index is -4.41. The maximum atomic E-state index is 12.5. The van der Waals surface area contributed by atoms with Crippen molar-refractivity contribution in [2.45, 2.75) is 12.8 Å². The molecule has 2 aromatic carbocycles. The van der Waals surface area contributed by atoms with Gasteiger partial charge in [-0.2, -0.15) is 13.2 Å². The molecule has 2 heterocycles. The number of amides is 1. The van der Waals surface area contributed by atoms with Crippen molar-refractivity contribution < 1.29 is 22.7 Å². The predicted molar refractivity (Wildman–Crippen MR) is 85.3 cm³/mol. The SMILES string of the molecule is CNC(=O)C=Cc1ccccc1C(F)(F)F.c1cc2ccc1CO2. The molecule has 0 fully saturated rings. The Hall–Kier alpha value is -2.76. The van der Waals surface area contributed by atoms with Crippen molar-refractivity contribution in [3.05, 3.63) is 71.3 Å². The summed E-state index contributed by atoms with van der Waals surface area (Å²) in [6, 6.07) is 13.2. The van der Waals surface area contributed by atoms with Gasteiger partial charge in [0.25, 0.3) is 0 Å². The normalized spacial score (nSPS) is 12.3. The highest BCUT2D eigenvalue weighted by atomic mass is 19.4. The first-order valence-corrected chi connectivity index (χ1v) is 7.18. The molecular weight excluding hydrogens is 319 g/mol. The third-order valence-electron chi connectivity index (χ3n) is 3.26. The van der Waals surface area contributed by atoms with Gasteiger partial charge in [0, 0.05) is 13.1 Å². The number of carbonyl (C=O) groups is 1. The van der Waals surface area contributed by atoms with Gasteiger partial charge in [-0.3, -0.25) is 4.79 Å². The highest BCUT2D eigenvalue weighted by Gasteiger charge is 2.32. The molecule has 0 aromatic heterocycles. The van der Waals surface area contributed by atoms with E-state index in [0.717, 1.165) is 30.6 Å². The van der Waals surface area contributed by atoms with Gasteiger partial charge in [-0.05, 0) is 35.4 Å². The number of hydrogen-bond donors (Lipinski definition) is 1. The van der Waals surface area contributed by atoms with Crippen LogP contribution in [0.4, 0.5) is 13.2 Å². The molecule has 0 aliphatic carbocycles. The van der Waals surface area contributed by atoms with Crippen LogP contribution in [0.2, 0.25) is 0 Å². The Bertz CT molecular complexity index is 699. The number of fused-ring (bicyclic) bond motifs is 3. The summed E-state index contributed by atoms with van der Waals surface area (Å²) < 4.78 is 42.7. The summed E-state index contributed by atoms with van der Waals surface area (Å²) in [5, 5.41) is 2.29. The standard InChI is InChI=1S/C11H10F3NO.C7H6O/c1-15-10(16)7-6-8-4-2-3-5-9(8)11(12,13)14;1-3-7-4-2-6(1)5-8-7/h2-7H,1H3,(H,15,16);1-4H,5H2. The topological polar surface area (TPSA) is 38.3 Å². The first kappa shape index (κ1) is 17.6. The largest absolute Gasteiger partial charge is 0.489 e. The molecule has 2 bridgehead atoms. The molecule has 1 N–H and O–H groups in total. The number of nitrogens with one attached hydrogen (secondary N) is 1. The number of ether oxygens (including phenoxy) is 1. The number of benzene rings is 2. The van der Waals surface area contributed by atoms with Crippen LogP contribution in [0, 0.1) is 0 Å². The average molecular weight is 335 g/mol. The highest BCUT2D eigenvalue weighted by molar-refractivity contribution is 5.91. The Kier molecular flexibility index (Phi) is 5.63. The molecule has 126 valence electrons. The summed E-state index contributed by atoms with van der Waals surface area (Å²) in [6.45, 7) is 0.766. The molecule has 0 saturated carbocycles. The number of rotatable bonds is 2. The van der Waals surface area contributed by atoms with Crippen LogP contribution in [0.3, 0.4) is 0 Å². The minimum absolute atomic E-state index is 0.0291. The number of halogens is 3. The van der Waals surface area contributed by atoms with Gasteiger partial charge >= 0.3 is 6.18 Å². The number of carbonyl (C=O) groups excluding carboxylic acids is 1. The van der Waals surface area contributed by atoms with Crippen LogP contribution in [-0.2, 0) is 17.6 Å². The van der Waals surface area contributed by atoms with Crippen molar-refractivity contribution in [3.8, 4) is 5.75 Å². The monoisotopic (exact) mass is 335 g/mol. The first-order chi connectivity index (χ1) is 11.4. The Morgan fingerprint density at radius 3 is 2.21 bits per heavy atom. The van der Waals surface area contributed by atoms with Gasteiger partial charge in [0.1, 0.15) is 12.4 Å². The van der Waals surface area contributed by atoms with Crippen molar-refractivity contribution in [2.24, 2.45) is 0 Å². The quantitative estimate of drug-likeness (QED) is 0.841. The van der Waals surface area contributed by atoms with E-state index in [1.165, 1.54) is 30.8 Å². The summed E-state index contributed by atoms with van der Waals surface area (Å²) in [7, 11) is 1.41. The zero-order chi connectivity index (χ0) is 17.6.